The van der Waals surface area contributed by atoms with Crippen LogP contribution in [0.2, 0.25) is 0 Å². The Bertz CT molecular complexity index is 2840. The second-order valence-corrected chi connectivity index (χ2v) is 12.4. The van der Waals surface area contributed by atoms with E-state index in [1.165, 1.54) is 16.3 Å². The van der Waals surface area contributed by atoms with Gasteiger partial charge in [0.1, 0.15) is 11.2 Å². The fraction of sp³-hybridized carbons (Fsp3) is 0. The summed E-state index contributed by atoms with van der Waals surface area (Å²) in [6.07, 6.45) is 0. The first-order valence-corrected chi connectivity index (χ1v) is 16.7. The fourth-order valence-corrected chi connectivity index (χ4v) is 7.09. The zero-order chi connectivity index (χ0) is 33.0. The Morgan fingerprint density at radius 2 is 0.860 bits per heavy atom. The van der Waals surface area contributed by atoms with Crippen LogP contribution in [0.25, 0.3) is 94.7 Å². The zero-order valence-electron chi connectivity index (χ0n) is 26.9. The van der Waals surface area contributed by atoms with Crippen LogP contribution in [-0.4, -0.2) is 19.5 Å². The Morgan fingerprint density at radius 3 is 1.54 bits per heavy atom. The first-order valence-electron chi connectivity index (χ1n) is 16.7. The van der Waals surface area contributed by atoms with Crippen molar-refractivity contribution < 1.29 is 4.42 Å². The molecule has 0 amide bonds. The number of furan rings is 1. The van der Waals surface area contributed by atoms with E-state index in [4.69, 9.17) is 19.4 Å². The van der Waals surface area contributed by atoms with E-state index in [1.54, 1.807) is 0 Å². The maximum absolute atomic E-state index is 6.31. The molecule has 0 aliphatic carbocycles. The SMILES string of the molecule is c1ccc(-c2ccc(-c3nc(-c4ccccc4)nc(-c4ccc(-n5c6ccccc6c6ccc7oc8ccccc8c7c65)cc4)n3)cc2)cc1. The van der Waals surface area contributed by atoms with E-state index in [-0.39, 0.29) is 0 Å². The van der Waals surface area contributed by atoms with Gasteiger partial charge in [0.2, 0.25) is 0 Å². The Morgan fingerprint density at radius 1 is 0.360 bits per heavy atom. The van der Waals surface area contributed by atoms with Crippen LogP contribution in [0, 0.1) is 0 Å². The van der Waals surface area contributed by atoms with E-state index in [2.05, 4.69) is 126 Å². The molecule has 0 saturated carbocycles. The van der Waals surface area contributed by atoms with Crippen LogP contribution < -0.4 is 0 Å². The molecule has 10 rings (SSSR count). The van der Waals surface area contributed by atoms with Crippen LogP contribution in [0.1, 0.15) is 0 Å². The molecular weight excluding hydrogens is 613 g/mol. The van der Waals surface area contributed by atoms with Crippen LogP contribution in [-0.2, 0) is 0 Å². The molecule has 0 spiro atoms. The van der Waals surface area contributed by atoms with E-state index in [9.17, 15) is 0 Å². The molecule has 7 aromatic carbocycles. The minimum Gasteiger partial charge on any atom is -0.456 e. The number of para-hydroxylation sites is 2. The molecule has 0 radical (unpaired) electrons. The van der Waals surface area contributed by atoms with Gasteiger partial charge in [0.05, 0.1) is 16.4 Å². The topological polar surface area (TPSA) is 56.7 Å². The number of rotatable bonds is 5. The highest BCUT2D eigenvalue weighted by Crippen LogP contribution is 2.41. The van der Waals surface area contributed by atoms with Crippen LogP contribution >= 0.6 is 0 Å². The van der Waals surface area contributed by atoms with Crippen molar-refractivity contribution in [1.82, 2.24) is 19.5 Å². The summed E-state index contributed by atoms with van der Waals surface area (Å²) in [6.45, 7) is 0. The van der Waals surface area contributed by atoms with Gasteiger partial charge in [-0.15, -0.1) is 0 Å². The van der Waals surface area contributed by atoms with E-state index >= 15 is 0 Å². The molecule has 5 nitrogen and oxygen atoms in total. The van der Waals surface area contributed by atoms with Gasteiger partial charge in [-0.2, -0.15) is 0 Å². The van der Waals surface area contributed by atoms with Crippen molar-refractivity contribution in [2.24, 2.45) is 0 Å². The van der Waals surface area contributed by atoms with Crippen molar-refractivity contribution in [3.63, 3.8) is 0 Å². The Hall–Kier alpha value is -6.85. The predicted octanol–water partition coefficient (Wildman–Crippen LogP) is 11.5. The number of fused-ring (bicyclic) bond motifs is 7. The first kappa shape index (κ1) is 28.2. The summed E-state index contributed by atoms with van der Waals surface area (Å²) in [6, 6.07) is 58.5. The maximum Gasteiger partial charge on any atom is 0.164 e. The lowest BCUT2D eigenvalue weighted by atomic mass is 10.0. The lowest BCUT2D eigenvalue weighted by molar-refractivity contribution is 0.669. The summed E-state index contributed by atoms with van der Waals surface area (Å²) >= 11 is 0. The Labute approximate surface area is 287 Å². The van der Waals surface area contributed by atoms with Crippen LogP contribution in [0.4, 0.5) is 0 Å². The number of benzene rings is 7. The van der Waals surface area contributed by atoms with Crippen molar-refractivity contribution >= 4 is 43.7 Å². The summed E-state index contributed by atoms with van der Waals surface area (Å²) in [7, 11) is 0. The molecular formula is C45H28N4O. The van der Waals surface area contributed by atoms with Gasteiger partial charge in [0.15, 0.2) is 17.5 Å². The molecule has 10 aromatic rings. The maximum atomic E-state index is 6.31. The average molecular weight is 641 g/mol. The summed E-state index contributed by atoms with van der Waals surface area (Å²) in [5.74, 6) is 1.89. The van der Waals surface area contributed by atoms with Gasteiger partial charge in [-0.25, -0.2) is 15.0 Å². The predicted molar refractivity (Wildman–Crippen MR) is 203 cm³/mol. The molecule has 0 aliphatic heterocycles. The number of aromatic nitrogens is 4. The normalized spacial score (nSPS) is 11.6. The van der Waals surface area contributed by atoms with Crippen LogP contribution in [0.15, 0.2) is 174 Å². The van der Waals surface area contributed by atoms with Gasteiger partial charge >= 0.3 is 0 Å². The minimum atomic E-state index is 0.623. The monoisotopic (exact) mass is 640 g/mol. The molecule has 0 fully saturated rings. The molecule has 5 heteroatoms. The van der Waals surface area contributed by atoms with Crippen molar-refractivity contribution in [2.75, 3.05) is 0 Å². The van der Waals surface area contributed by atoms with Crippen molar-refractivity contribution in [2.45, 2.75) is 0 Å². The third-order valence-electron chi connectivity index (χ3n) is 9.48. The summed E-state index contributed by atoms with van der Waals surface area (Å²) < 4.78 is 8.66. The highest BCUT2D eigenvalue weighted by atomic mass is 16.3. The lowest BCUT2D eigenvalue weighted by Crippen LogP contribution is -2.00. The Kier molecular flexibility index (Phi) is 6.42. The van der Waals surface area contributed by atoms with Gasteiger partial charge in [0.25, 0.3) is 0 Å². The largest absolute Gasteiger partial charge is 0.456 e. The summed E-state index contributed by atoms with van der Waals surface area (Å²) in [4.78, 5) is 14.9. The van der Waals surface area contributed by atoms with Gasteiger partial charge < -0.3 is 8.98 Å². The second-order valence-electron chi connectivity index (χ2n) is 12.4. The van der Waals surface area contributed by atoms with Crippen molar-refractivity contribution in [3.8, 4) is 51.0 Å². The standard InChI is InChI=1S/C45H28N4O/c1-3-11-29(12-4-1)30-19-21-32(22-20-30)44-46-43(31-13-5-2-6-14-31)47-45(48-44)33-23-25-34(26-24-33)49-38-17-9-7-15-35(38)36-27-28-40-41(42(36)49)37-16-8-10-18-39(37)50-40/h1-28H. The van der Waals surface area contributed by atoms with Crippen molar-refractivity contribution in [1.29, 1.82) is 0 Å². The average Bonchev–Trinajstić information content (AvgIpc) is 3.74. The molecule has 0 saturated heterocycles. The van der Waals surface area contributed by atoms with Crippen LogP contribution in [0.3, 0.4) is 0 Å². The summed E-state index contributed by atoms with van der Waals surface area (Å²) in [5, 5.41) is 4.62. The van der Waals surface area contributed by atoms with Gasteiger partial charge in [-0.05, 0) is 59.7 Å². The quantitative estimate of drug-likeness (QED) is 0.188. The van der Waals surface area contributed by atoms with Gasteiger partial charge in [-0.3, -0.25) is 0 Å². The lowest BCUT2D eigenvalue weighted by Gasteiger charge is -2.11. The molecule has 3 aromatic heterocycles. The summed E-state index contributed by atoms with van der Waals surface area (Å²) in [5.41, 5.74) is 10.2. The van der Waals surface area contributed by atoms with E-state index in [1.807, 2.05) is 48.5 Å². The zero-order valence-corrected chi connectivity index (χ0v) is 26.9. The molecule has 50 heavy (non-hydrogen) atoms. The highest BCUT2D eigenvalue weighted by molar-refractivity contribution is 6.24. The molecule has 0 unspecified atom stereocenters. The number of nitrogens with zero attached hydrogens (tertiary/aromatic N) is 4. The molecule has 0 aliphatic rings. The highest BCUT2D eigenvalue weighted by Gasteiger charge is 2.19. The van der Waals surface area contributed by atoms with E-state index < -0.39 is 0 Å². The fourth-order valence-electron chi connectivity index (χ4n) is 7.09. The van der Waals surface area contributed by atoms with Crippen LogP contribution in [0.5, 0.6) is 0 Å². The van der Waals surface area contributed by atoms with E-state index in [0.717, 1.165) is 60.9 Å². The minimum absolute atomic E-state index is 0.623. The van der Waals surface area contributed by atoms with Crippen molar-refractivity contribution in [3.05, 3.63) is 170 Å². The molecule has 0 atom stereocenters. The molecule has 0 bridgehead atoms. The Balaban J connectivity index is 1.12. The number of hydrogen-bond donors (Lipinski definition) is 0. The third kappa shape index (κ3) is 4.60. The first-order chi connectivity index (χ1) is 24.8. The molecule has 0 N–H and O–H groups in total. The van der Waals surface area contributed by atoms with Gasteiger partial charge in [-0.1, -0.05) is 121 Å². The van der Waals surface area contributed by atoms with Gasteiger partial charge in [0, 0.05) is 38.5 Å². The number of hydrogen-bond acceptors (Lipinski definition) is 4. The molecule has 234 valence electrons. The third-order valence-corrected chi connectivity index (χ3v) is 9.48. The second kappa shape index (κ2) is 11.4. The van der Waals surface area contributed by atoms with E-state index in [0.29, 0.717) is 17.5 Å². The molecule has 3 heterocycles. The smallest absolute Gasteiger partial charge is 0.164 e.